The molecule has 3 radical (unpaired) electrons. The zero-order chi connectivity index (χ0) is 24.4. The Morgan fingerprint density at radius 1 is 1.03 bits per heavy atom. The van der Waals surface area contributed by atoms with Crippen LogP contribution in [0.25, 0.3) is 0 Å². The quantitative estimate of drug-likeness (QED) is 0.235. The average molecular weight is 625 g/mol. The summed E-state index contributed by atoms with van der Waals surface area (Å²) < 4.78 is 0. The Hall–Kier alpha value is -2.61. The van der Waals surface area contributed by atoms with E-state index in [2.05, 4.69) is 30.3 Å². The third-order valence-corrected chi connectivity index (χ3v) is 4.55. The Kier molecular flexibility index (Phi) is 19.8. The molecule has 1 atom stereocenters. The van der Waals surface area contributed by atoms with Crippen LogP contribution in [0.5, 0.6) is 0 Å². The summed E-state index contributed by atoms with van der Waals surface area (Å²) in [4.78, 5) is 47.8. The molecule has 1 saturated heterocycles. The van der Waals surface area contributed by atoms with Crippen molar-refractivity contribution in [3.05, 3.63) is 60.2 Å². The van der Waals surface area contributed by atoms with Crippen molar-refractivity contribution < 1.29 is 49.6 Å². The number of likely N-dealkylation sites (tertiary alicyclic amines) is 1. The maximum absolute atomic E-state index is 12.8. The maximum Gasteiger partial charge on any atom is 0.475 e. The molecule has 1 aliphatic heterocycles. The van der Waals surface area contributed by atoms with Crippen molar-refractivity contribution in [2.45, 2.75) is 31.9 Å². The normalized spacial score (nSPS) is 13.7. The van der Waals surface area contributed by atoms with Gasteiger partial charge in [-0.1, -0.05) is 12.1 Å². The number of amides is 1. The summed E-state index contributed by atoms with van der Waals surface area (Å²) >= 11 is 0. The van der Waals surface area contributed by atoms with Gasteiger partial charge in [0.2, 0.25) is 5.91 Å². The topological polar surface area (TPSA) is 141 Å². The van der Waals surface area contributed by atoms with Crippen molar-refractivity contribution in [2.75, 3.05) is 13.1 Å². The molecule has 1 amide bonds. The van der Waals surface area contributed by atoms with Crippen LogP contribution in [0.1, 0.15) is 24.2 Å². The molecular formula is C21H24BN4O6Re-3. The average Bonchev–Trinajstić information content (AvgIpc) is 3.35. The number of carbonyl (C=O) groups excluding carboxylic acids is 4. The number of nitrogens with zero attached hydrogens (tertiary/aromatic N) is 4. The largest absolute Gasteiger partial charge is 0.573 e. The molecular weight excluding hydrogens is 601 g/mol. The van der Waals surface area contributed by atoms with Crippen LogP contribution in [-0.4, -0.2) is 82.2 Å². The summed E-state index contributed by atoms with van der Waals surface area (Å²) in [6.07, 6.45) is 4.86. The van der Waals surface area contributed by atoms with Gasteiger partial charge in [-0.3, -0.25) is 26.5 Å². The third-order valence-electron chi connectivity index (χ3n) is 4.55. The van der Waals surface area contributed by atoms with Crippen LogP contribution in [-0.2, 0) is 52.7 Å². The van der Waals surface area contributed by atoms with Crippen molar-refractivity contribution in [2.24, 2.45) is 0 Å². The van der Waals surface area contributed by atoms with Gasteiger partial charge in [0, 0.05) is 52.5 Å². The van der Waals surface area contributed by atoms with Gasteiger partial charge >= 0.3 is 7.12 Å². The van der Waals surface area contributed by atoms with Gasteiger partial charge in [0.1, 0.15) is 0 Å². The van der Waals surface area contributed by atoms with E-state index in [1.807, 2.05) is 41.3 Å². The fraction of sp³-hybridized carbons (Fsp3) is 0.333. The van der Waals surface area contributed by atoms with Crippen molar-refractivity contribution >= 4 is 33.4 Å². The van der Waals surface area contributed by atoms with Gasteiger partial charge in [-0.2, -0.15) is 0 Å². The van der Waals surface area contributed by atoms with E-state index in [0.29, 0.717) is 26.1 Å². The number of rotatable bonds is 7. The Balaban J connectivity index is 0. The van der Waals surface area contributed by atoms with Crippen molar-refractivity contribution in [1.29, 1.82) is 0 Å². The van der Waals surface area contributed by atoms with Crippen LogP contribution in [0.15, 0.2) is 48.8 Å². The van der Waals surface area contributed by atoms with Gasteiger partial charge < -0.3 is 42.9 Å². The molecule has 0 spiro atoms. The summed E-state index contributed by atoms with van der Waals surface area (Å²) in [5.74, 6) is -0.624. The maximum atomic E-state index is 12.8. The molecule has 1 aliphatic rings. The first kappa shape index (κ1) is 32.6. The van der Waals surface area contributed by atoms with E-state index < -0.39 is 13.1 Å². The predicted molar refractivity (Wildman–Crippen MR) is 116 cm³/mol. The first-order chi connectivity index (χ1) is 15.6. The molecule has 0 aromatic carbocycles. The van der Waals surface area contributed by atoms with Crippen LogP contribution in [0.2, 0.25) is 0 Å². The molecule has 33 heavy (non-hydrogen) atoms. The summed E-state index contributed by atoms with van der Waals surface area (Å²) in [5.41, 5.74) is 1.74. The van der Waals surface area contributed by atoms with E-state index in [0.717, 1.165) is 17.8 Å². The number of hydrogen-bond donors (Lipinski definition) is 2. The minimum absolute atomic E-state index is 0. The number of pyridine rings is 2. The first-order valence-corrected chi connectivity index (χ1v) is 9.45. The zero-order valence-electron chi connectivity index (χ0n) is 17.8. The molecule has 177 valence electrons. The van der Waals surface area contributed by atoms with Gasteiger partial charge in [-0.15, -0.1) is 0 Å². The summed E-state index contributed by atoms with van der Waals surface area (Å²) in [6.45, 7) is 14.0. The molecule has 2 aromatic heterocycles. The number of carbonyl (C=O) groups is 1. The fourth-order valence-electron chi connectivity index (χ4n) is 3.30. The van der Waals surface area contributed by atoms with Crippen LogP contribution >= 0.6 is 0 Å². The smallest absolute Gasteiger partial charge is 0.475 e. The van der Waals surface area contributed by atoms with Crippen LogP contribution in [0, 0.1) is 0 Å². The molecule has 3 rings (SSSR count). The van der Waals surface area contributed by atoms with Crippen LogP contribution < -0.4 is 0 Å². The standard InChI is InChI=1S/C18H23BN4O3.CHO.2CO.Re/c24-18(23-11-5-8-17(23)19(25)26)14-22(12-15-6-1-3-9-20-15)13-16-7-2-4-10-21-16;3*1-2;/h1-4,6-7,9-10,17,25-26H,5,8,11-14H2;1H;;;/q;3*-1;/t17-;;;;/m0..../s1. The third kappa shape index (κ3) is 11.7. The first-order valence-electron chi connectivity index (χ1n) is 9.45. The van der Waals surface area contributed by atoms with E-state index in [4.69, 9.17) is 14.4 Å². The van der Waals surface area contributed by atoms with Gasteiger partial charge in [-0.05, 0) is 37.1 Å². The molecule has 10 nitrogen and oxygen atoms in total. The molecule has 0 bridgehead atoms. The molecule has 0 aliphatic carbocycles. The van der Waals surface area contributed by atoms with Crippen LogP contribution in [0.3, 0.4) is 0 Å². The predicted octanol–water partition coefficient (Wildman–Crippen LogP) is -0.589. The summed E-state index contributed by atoms with van der Waals surface area (Å²) in [7, 11) is -1.50. The second kappa shape index (κ2) is 20.0. The van der Waals surface area contributed by atoms with E-state index in [9.17, 15) is 14.8 Å². The van der Waals surface area contributed by atoms with Crippen molar-refractivity contribution in [3.8, 4) is 0 Å². The molecule has 12 heteroatoms. The second-order valence-corrected chi connectivity index (χ2v) is 6.50. The monoisotopic (exact) mass is 626 g/mol. The summed E-state index contributed by atoms with van der Waals surface area (Å²) in [6, 6.07) is 11.4. The number of aromatic nitrogens is 2. The molecule has 0 saturated carbocycles. The van der Waals surface area contributed by atoms with E-state index in [1.54, 1.807) is 17.3 Å². The Morgan fingerprint density at radius 3 is 1.91 bits per heavy atom. The molecule has 0 unspecified atom stereocenters. The fourth-order valence-corrected chi connectivity index (χ4v) is 3.30. The van der Waals surface area contributed by atoms with Gasteiger partial charge in [0.25, 0.3) is 0 Å². The minimum atomic E-state index is -1.50. The van der Waals surface area contributed by atoms with Crippen LogP contribution in [0.4, 0.5) is 0 Å². The van der Waals surface area contributed by atoms with E-state index >= 15 is 0 Å². The van der Waals surface area contributed by atoms with Gasteiger partial charge in [-0.25, -0.2) is 0 Å². The summed E-state index contributed by atoms with van der Waals surface area (Å²) in [5, 5.41) is 19.0. The molecule has 3 heterocycles. The van der Waals surface area contributed by atoms with E-state index in [1.165, 1.54) is 0 Å². The second-order valence-electron chi connectivity index (χ2n) is 6.50. The molecule has 2 aromatic rings. The van der Waals surface area contributed by atoms with Crippen molar-refractivity contribution in [1.82, 2.24) is 19.8 Å². The Morgan fingerprint density at radius 2 is 1.52 bits per heavy atom. The van der Waals surface area contributed by atoms with E-state index in [-0.39, 0.29) is 32.9 Å². The minimum Gasteiger partial charge on any atom is -0.573 e. The Bertz CT molecular complexity index is 717. The molecule has 1 fully saturated rings. The van der Waals surface area contributed by atoms with Gasteiger partial charge in [0.05, 0.1) is 23.9 Å². The number of hydrogen-bond acceptors (Lipinski definition) is 9. The SMILES string of the molecule is O=C(CN(Cc1ccccn1)Cc1ccccn1)N1CCC[C@H]1B(O)O.[C-]=O.[C-]=O.[CH-]=O.[Re]. The van der Waals surface area contributed by atoms with Crippen molar-refractivity contribution in [3.63, 3.8) is 0 Å². The Labute approximate surface area is 207 Å². The molecule has 2 N–H and O–H groups in total. The van der Waals surface area contributed by atoms with Gasteiger partial charge in [0.15, 0.2) is 0 Å². The zero-order valence-corrected chi connectivity index (χ0v) is 20.5.